The predicted octanol–water partition coefficient (Wildman–Crippen LogP) is 3.27. The molecular weight excluding hydrogens is 294 g/mol. The zero-order chi connectivity index (χ0) is 13.8. The van der Waals surface area contributed by atoms with E-state index in [-0.39, 0.29) is 12.6 Å². The quantitative estimate of drug-likeness (QED) is 0.846. The van der Waals surface area contributed by atoms with Crippen LogP contribution in [0.3, 0.4) is 0 Å². The Kier molecular flexibility index (Phi) is 5.63. The summed E-state index contributed by atoms with van der Waals surface area (Å²) in [5.41, 5.74) is 0.269. The maximum Gasteiger partial charge on any atom is 0.125 e. The van der Waals surface area contributed by atoms with Gasteiger partial charge in [0, 0.05) is 16.1 Å². The van der Waals surface area contributed by atoms with Crippen LogP contribution in [0.4, 0.5) is 0 Å². The van der Waals surface area contributed by atoms with E-state index < -0.39 is 5.60 Å². The van der Waals surface area contributed by atoms with E-state index in [1.54, 1.807) is 13.8 Å². The van der Waals surface area contributed by atoms with Gasteiger partial charge in [-0.1, -0.05) is 28.9 Å². The van der Waals surface area contributed by atoms with Gasteiger partial charge in [0.1, 0.15) is 12.4 Å². The second kappa shape index (κ2) is 6.55. The molecule has 102 valence electrons. The van der Waals surface area contributed by atoms with Gasteiger partial charge in [-0.25, -0.2) is 0 Å². The third kappa shape index (κ3) is 4.96. The largest absolute Gasteiger partial charge is 0.490 e. The lowest BCUT2D eigenvalue weighted by atomic mass is 10.1. The Balaban J connectivity index is 2.89. The van der Waals surface area contributed by atoms with Crippen LogP contribution in [0.5, 0.6) is 5.75 Å². The second-order valence-electron chi connectivity index (χ2n) is 5.06. The zero-order valence-electron chi connectivity index (χ0n) is 11.5. The van der Waals surface area contributed by atoms with Crippen molar-refractivity contribution in [3.63, 3.8) is 0 Å². The number of ether oxygens (including phenoxy) is 1. The maximum atomic E-state index is 9.73. The summed E-state index contributed by atoms with van der Waals surface area (Å²) < 4.78 is 6.70. The van der Waals surface area contributed by atoms with Gasteiger partial charge < -0.3 is 15.2 Å². The molecule has 4 heteroatoms. The molecule has 0 aliphatic carbocycles. The standard InChI is InChI=1S/C14H22BrNO2/c1-5-16-10(2)12-7-6-11(15)8-13(12)18-9-14(3,4)17/h6-8,10,16-17H,5,9H2,1-4H3. The molecule has 0 spiro atoms. The molecule has 0 aliphatic heterocycles. The van der Waals surface area contributed by atoms with Crippen LogP contribution in [-0.4, -0.2) is 23.9 Å². The monoisotopic (exact) mass is 315 g/mol. The van der Waals surface area contributed by atoms with Crippen LogP contribution in [0.2, 0.25) is 0 Å². The van der Waals surface area contributed by atoms with Crippen LogP contribution in [0, 0.1) is 0 Å². The van der Waals surface area contributed by atoms with Gasteiger partial charge in [-0.3, -0.25) is 0 Å². The number of halogens is 1. The lowest BCUT2D eigenvalue weighted by Crippen LogP contribution is -2.28. The highest BCUT2D eigenvalue weighted by atomic mass is 79.9. The molecule has 0 amide bonds. The van der Waals surface area contributed by atoms with Crippen molar-refractivity contribution in [3.8, 4) is 5.75 Å². The summed E-state index contributed by atoms with van der Waals surface area (Å²) in [5.74, 6) is 0.806. The van der Waals surface area contributed by atoms with E-state index in [2.05, 4.69) is 35.1 Å². The molecular formula is C14H22BrNO2. The summed E-state index contributed by atoms with van der Waals surface area (Å²) in [6, 6.07) is 6.20. The third-order valence-electron chi connectivity index (χ3n) is 2.53. The van der Waals surface area contributed by atoms with Crippen LogP contribution in [-0.2, 0) is 0 Å². The summed E-state index contributed by atoms with van der Waals surface area (Å²) in [6.45, 7) is 8.82. The van der Waals surface area contributed by atoms with Crippen molar-refractivity contribution < 1.29 is 9.84 Å². The first-order chi connectivity index (χ1) is 8.33. The molecule has 0 saturated carbocycles. The highest BCUT2D eigenvalue weighted by Crippen LogP contribution is 2.29. The molecule has 0 aromatic heterocycles. The number of benzene rings is 1. The first-order valence-corrected chi connectivity index (χ1v) is 7.01. The van der Waals surface area contributed by atoms with Crippen molar-refractivity contribution in [2.45, 2.75) is 39.3 Å². The minimum Gasteiger partial charge on any atom is -0.490 e. The van der Waals surface area contributed by atoms with Crippen molar-refractivity contribution in [1.29, 1.82) is 0 Å². The Morgan fingerprint density at radius 2 is 2.11 bits per heavy atom. The number of hydrogen-bond acceptors (Lipinski definition) is 3. The highest BCUT2D eigenvalue weighted by molar-refractivity contribution is 9.10. The summed E-state index contributed by atoms with van der Waals surface area (Å²) in [6.07, 6.45) is 0. The molecule has 18 heavy (non-hydrogen) atoms. The van der Waals surface area contributed by atoms with Gasteiger partial charge >= 0.3 is 0 Å². The molecule has 1 aromatic rings. The fourth-order valence-electron chi connectivity index (χ4n) is 1.66. The van der Waals surface area contributed by atoms with E-state index in [1.807, 2.05) is 18.2 Å². The Hall–Kier alpha value is -0.580. The smallest absolute Gasteiger partial charge is 0.125 e. The lowest BCUT2D eigenvalue weighted by molar-refractivity contribution is 0.0280. The van der Waals surface area contributed by atoms with Gasteiger partial charge in [-0.2, -0.15) is 0 Å². The first kappa shape index (κ1) is 15.5. The molecule has 0 aliphatic rings. The van der Waals surface area contributed by atoms with Crippen molar-refractivity contribution >= 4 is 15.9 Å². The fraction of sp³-hybridized carbons (Fsp3) is 0.571. The topological polar surface area (TPSA) is 41.5 Å². The molecule has 3 nitrogen and oxygen atoms in total. The zero-order valence-corrected chi connectivity index (χ0v) is 13.0. The number of nitrogens with one attached hydrogen (secondary N) is 1. The van der Waals surface area contributed by atoms with Crippen LogP contribution >= 0.6 is 15.9 Å². The summed E-state index contributed by atoms with van der Waals surface area (Å²) in [7, 11) is 0. The van der Waals surface area contributed by atoms with E-state index >= 15 is 0 Å². The number of aliphatic hydroxyl groups is 1. The van der Waals surface area contributed by atoms with E-state index in [1.165, 1.54) is 0 Å². The number of hydrogen-bond donors (Lipinski definition) is 2. The average Bonchev–Trinajstić information content (AvgIpc) is 2.25. The molecule has 0 saturated heterocycles. The van der Waals surface area contributed by atoms with Gasteiger partial charge in [0.25, 0.3) is 0 Å². The normalized spacial score (nSPS) is 13.4. The SMILES string of the molecule is CCNC(C)c1ccc(Br)cc1OCC(C)(C)O. The van der Waals surface area contributed by atoms with E-state index in [0.29, 0.717) is 0 Å². The lowest BCUT2D eigenvalue weighted by Gasteiger charge is -2.22. The highest BCUT2D eigenvalue weighted by Gasteiger charge is 2.16. The first-order valence-electron chi connectivity index (χ1n) is 6.21. The summed E-state index contributed by atoms with van der Waals surface area (Å²) in [5, 5.41) is 13.1. The third-order valence-corrected chi connectivity index (χ3v) is 3.03. The van der Waals surface area contributed by atoms with E-state index in [4.69, 9.17) is 4.74 Å². The molecule has 0 heterocycles. The average molecular weight is 316 g/mol. The van der Waals surface area contributed by atoms with Crippen molar-refractivity contribution in [2.75, 3.05) is 13.2 Å². The predicted molar refractivity (Wildman–Crippen MR) is 78.0 cm³/mol. The summed E-state index contributed by atoms with van der Waals surface area (Å²) >= 11 is 3.44. The molecule has 2 N–H and O–H groups in total. The van der Waals surface area contributed by atoms with Crippen LogP contribution in [0.15, 0.2) is 22.7 Å². The molecule has 0 bridgehead atoms. The van der Waals surface area contributed by atoms with Crippen LogP contribution < -0.4 is 10.1 Å². The van der Waals surface area contributed by atoms with Crippen LogP contribution in [0.1, 0.15) is 39.3 Å². The number of rotatable bonds is 6. The van der Waals surface area contributed by atoms with E-state index in [9.17, 15) is 5.11 Å². The molecule has 0 fully saturated rings. The maximum absolute atomic E-state index is 9.73. The Bertz CT molecular complexity index is 388. The van der Waals surface area contributed by atoms with Gasteiger partial charge in [0.2, 0.25) is 0 Å². The Labute approximate surface area is 118 Å². The molecule has 1 rings (SSSR count). The Morgan fingerprint density at radius 3 is 2.67 bits per heavy atom. The molecule has 1 unspecified atom stereocenters. The Morgan fingerprint density at radius 1 is 1.44 bits per heavy atom. The fourth-order valence-corrected chi connectivity index (χ4v) is 2.00. The minimum absolute atomic E-state index is 0.222. The van der Waals surface area contributed by atoms with Crippen molar-refractivity contribution in [1.82, 2.24) is 5.32 Å². The minimum atomic E-state index is -0.832. The van der Waals surface area contributed by atoms with E-state index in [0.717, 1.165) is 22.3 Å². The van der Waals surface area contributed by atoms with Gasteiger partial charge in [-0.05, 0) is 39.4 Å². The van der Waals surface area contributed by atoms with Gasteiger partial charge in [0.15, 0.2) is 0 Å². The molecule has 1 atom stereocenters. The molecule has 1 aromatic carbocycles. The summed E-state index contributed by atoms with van der Waals surface area (Å²) in [4.78, 5) is 0. The van der Waals surface area contributed by atoms with Gasteiger partial charge in [-0.15, -0.1) is 0 Å². The van der Waals surface area contributed by atoms with Gasteiger partial charge in [0.05, 0.1) is 5.60 Å². The van der Waals surface area contributed by atoms with Crippen molar-refractivity contribution in [2.24, 2.45) is 0 Å². The van der Waals surface area contributed by atoms with Crippen molar-refractivity contribution in [3.05, 3.63) is 28.2 Å². The molecule has 0 radical (unpaired) electrons. The van der Waals surface area contributed by atoms with Crippen LogP contribution in [0.25, 0.3) is 0 Å². The second-order valence-corrected chi connectivity index (χ2v) is 5.98.